The van der Waals surface area contributed by atoms with E-state index in [2.05, 4.69) is 0 Å². The number of rotatable bonds is 3. The van der Waals surface area contributed by atoms with Crippen LogP contribution in [0, 0.1) is 12.8 Å². The minimum absolute atomic E-state index is 0.0133. The van der Waals surface area contributed by atoms with E-state index in [1.807, 2.05) is 13.0 Å². The van der Waals surface area contributed by atoms with Crippen LogP contribution >= 0.6 is 11.6 Å². The Balaban J connectivity index is 2.20. The highest BCUT2D eigenvalue weighted by Crippen LogP contribution is 2.38. The summed E-state index contributed by atoms with van der Waals surface area (Å²) in [6.07, 6.45) is 3.59. The molecule has 1 aliphatic rings. The summed E-state index contributed by atoms with van der Waals surface area (Å²) in [5.41, 5.74) is 1.81. The maximum atomic E-state index is 11.7. The zero-order chi connectivity index (χ0) is 14.9. The maximum Gasteiger partial charge on any atom is 0.150 e. The van der Waals surface area contributed by atoms with Crippen LogP contribution in [0.5, 0.6) is 0 Å². The Kier molecular flexibility index (Phi) is 4.77. The van der Waals surface area contributed by atoms with E-state index in [0.29, 0.717) is 17.9 Å². The van der Waals surface area contributed by atoms with Crippen molar-refractivity contribution in [3.05, 3.63) is 34.3 Å². The van der Waals surface area contributed by atoms with E-state index in [1.54, 1.807) is 12.1 Å². The van der Waals surface area contributed by atoms with Crippen molar-refractivity contribution in [3.8, 4) is 0 Å². The molecule has 1 saturated carbocycles. The zero-order valence-electron chi connectivity index (χ0n) is 11.8. The number of aryl methyl sites for hydroxylation is 1. The molecule has 3 nitrogen and oxygen atoms in total. The largest absolute Gasteiger partial charge is 0.388 e. The van der Waals surface area contributed by atoms with E-state index in [1.165, 1.54) is 6.26 Å². The molecule has 1 N–H and O–H groups in total. The molecule has 3 unspecified atom stereocenters. The average Bonchev–Trinajstić information content (AvgIpc) is 2.40. The molecule has 0 aromatic heterocycles. The van der Waals surface area contributed by atoms with Gasteiger partial charge < -0.3 is 5.11 Å². The molecule has 0 aliphatic heterocycles. The summed E-state index contributed by atoms with van der Waals surface area (Å²) < 4.78 is 23.4. The number of sulfone groups is 1. The summed E-state index contributed by atoms with van der Waals surface area (Å²) >= 11 is 5.99. The van der Waals surface area contributed by atoms with Crippen LogP contribution in [0.4, 0.5) is 0 Å². The topological polar surface area (TPSA) is 54.4 Å². The third-order valence-electron chi connectivity index (χ3n) is 4.28. The third kappa shape index (κ3) is 3.54. The van der Waals surface area contributed by atoms with Crippen molar-refractivity contribution in [2.75, 3.05) is 6.26 Å². The van der Waals surface area contributed by atoms with Crippen molar-refractivity contribution in [1.29, 1.82) is 0 Å². The third-order valence-corrected chi connectivity index (χ3v) is 6.15. The van der Waals surface area contributed by atoms with Gasteiger partial charge in [0.05, 0.1) is 11.4 Å². The Morgan fingerprint density at radius 2 is 2.05 bits per heavy atom. The number of halogens is 1. The lowest BCUT2D eigenvalue weighted by atomic mass is 9.81. The lowest BCUT2D eigenvalue weighted by molar-refractivity contribution is 0.0852. The predicted molar refractivity (Wildman–Crippen MR) is 81.7 cm³/mol. The summed E-state index contributed by atoms with van der Waals surface area (Å²) in [5.74, 6) is -0.0133. The van der Waals surface area contributed by atoms with E-state index >= 15 is 0 Å². The van der Waals surface area contributed by atoms with E-state index in [0.717, 1.165) is 24.0 Å². The molecule has 1 fully saturated rings. The van der Waals surface area contributed by atoms with Crippen LogP contribution in [0.2, 0.25) is 5.02 Å². The molecule has 0 bridgehead atoms. The summed E-state index contributed by atoms with van der Waals surface area (Å²) in [7, 11) is -3.03. The Hall–Kier alpha value is -0.580. The van der Waals surface area contributed by atoms with Gasteiger partial charge in [-0.15, -0.1) is 0 Å². The molecule has 0 heterocycles. The number of aliphatic hydroxyl groups excluding tert-OH is 1. The molecule has 2 rings (SSSR count). The van der Waals surface area contributed by atoms with Crippen molar-refractivity contribution in [2.45, 2.75) is 44.0 Å². The molecule has 3 atom stereocenters. The summed E-state index contributed by atoms with van der Waals surface area (Å²) in [6.45, 7) is 1.94. The van der Waals surface area contributed by atoms with Crippen molar-refractivity contribution < 1.29 is 13.5 Å². The fourth-order valence-electron chi connectivity index (χ4n) is 3.04. The van der Waals surface area contributed by atoms with Crippen molar-refractivity contribution >= 4 is 21.4 Å². The lowest BCUT2D eigenvalue weighted by Gasteiger charge is -2.32. The molecule has 0 saturated heterocycles. The second kappa shape index (κ2) is 6.04. The van der Waals surface area contributed by atoms with E-state index < -0.39 is 15.9 Å². The first-order valence-electron chi connectivity index (χ1n) is 6.92. The van der Waals surface area contributed by atoms with Gasteiger partial charge in [0.2, 0.25) is 0 Å². The monoisotopic (exact) mass is 316 g/mol. The lowest BCUT2D eigenvalue weighted by Crippen LogP contribution is -2.30. The van der Waals surface area contributed by atoms with Crippen molar-refractivity contribution in [3.63, 3.8) is 0 Å². The number of hydrogen-bond acceptors (Lipinski definition) is 3. The van der Waals surface area contributed by atoms with Gasteiger partial charge in [0.1, 0.15) is 9.84 Å². The van der Waals surface area contributed by atoms with E-state index in [4.69, 9.17) is 11.6 Å². The van der Waals surface area contributed by atoms with Gasteiger partial charge in [0, 0.05) is 11.3 Å². The van der Waals surface area contributed by atoms with Crippen LogP contribution in [0.1, 0.15) is 42.9 Å². The highest BCUT2D eigenvalue weighted by molar-refractivity contribution is 7.91. The number of benzene rings is 1. The Labute approximate surface area is 125 Å². The van der Waals surface area contributed by atoms with Crippen LogP contribution in [0.25, 0.3) is 0 Å². The SMILES string of the molecule is Cc1ccc(Cl)cc1C(O)C1CCCC(S(C)(=O)=O)C1. The zero-order valence-corrected chi connectivity index (χ0v) is 13.4. The predicted octanol–water partition coefficient (Wildman–Crippen LogP) is 3.29. The van der Waals surface area contributed by atoms with Crippen molar-refractivity contribution in [2.24, 2.45) is 5.92 Å². The van der Waals surface area contributed by atoms with Crippen LogP contribution in [-0.4, -0.2) is 25.0 Å². The second-order valence-electron chi connectivity index (χ2n) is 5.82. The average molecular weight is 317 g/mol. The second-order valence-corrected chi connectivity index (χ2v) is 8.59. The Morgan fingerprint density at radius 1 is 1.35 bits per heavy atom. The normalized spacial score (nSPS) is 25.4. The van der Waals surface area contributed by atoms with E-state index in [9.17, 15) is 13.5 Å². The first kappa shape index (κ1) is 15.8. The summed E-state index contributed by atoms with van der Waals surface area (Å²) in [6, 6.07) is 5.47. The van der Waals surface area contributed by atoms with Gasteiger partial charge in [-0.25, -0.2) is 8.42 Å². The van der Waals surface area contributed by atoms with Gasteiger partial charge >= 0.3 is 0 Å². The standard InChI is InChI=1S/C15H21ClO3S/c1-10-6-7-12(16)9-14(10)15(17)11-4-3-5-13(8-11)20(2,18)19/h6-7,9,11,13,15,17H,3-5,8H2,1-2H3. The van der Waals surface area contributed by atoms with Crippen LogP contribution in [0.15, 0.2) is 18.2 Å². The highest BCUT2D eigenvalue weighted by Gasteiger charge is 2.33. The Morgan fingerprint density at radius 3 is 2.70 bits per heavy atom. The summed E-state index contributed by atoms with van der Waals surface area (Å²) in [5, 5.41) is 10.9. The van der Waals surface area contributed by atoms with Crippen LogP contribution in [0.3, 0.4) is 0 Å². The van der Waals surface area contributed by atoms with Gasteiger partial charge in [-0.05, 0) is 55.4 Å². The molecule has 5 heteroatoms. The van der Waals surface area contributed by atoms with Gasteiger partial charge in [0.25, 0.3) is 0 Å². The quantitative estimate of drug-likeness (QED) is 0.931. The smallest absolute Gasteiger partial charge is 0.150 e. The van der Waals surface area contributed by atoms with Crippen LogP contribution < -0.4 is 0 Å². The van der Waals surface area contributed by atoms with Gasteiger partial charge in [0.15, 0.2) is 0 Å². The van der Waals surface area contributed by atoms with Crippen LogP contribution in [-0.2, 0) is 9.84 Å². The molecule has 1 aromatic carbocycles. The molecule has 0 spiro atoms. The van der Waals surface area contributed by atoms with Gasteiger partial charge in [-0.2, -0.15) is 0 Å². The first-order valence-corrected chi connectivity index (χ1v) is 9.25. The molecule has 112 valence electrons. The molecule has 20 heavy (non-hydrogen) atoms. The number of hydrogen-bond donors (Lipinski definition) is 1. The van der Waals surface area contributed by atoms with Crippen molar-refractivity contribution in [1.82, 2.24) is 0 Å². The molecular weight excluding hydrogens is 296 g/mol. The molecule has 0 radical (unpaired) electrons. The summed E-state index contributed by atoms with van der Waals surface area (Å²) in [4.78, 5) is 0. The fourth-order valence-corrected chi connectivity index (χ4v) is 4.41. The number of aliphatic hydroxyl groups is 1. The maximum absolute atomic E-state index is 11.7. The fraction of sp³-hybridized carbons (Fsp3) is 0.600. The molecule has 1 aromatic rings. The van der Waals surface area contributed by atoms with E-state index in [-0.39, 0.29) is 11.2 Å². The Bertz CT molecular complexity index is 583. The molecule has 1 aliphatic carbocycles. The van der Waals surface area contributed by atoms with Gasteiger partial charge in [-0.1, -0.05) is 24.1 Å². The molecular formula is C15H21ClO3S. The van der Waals surface area contributed by atoms with Gasteiger partial charge in [-0.3, -0.25) is 0 Å². The molecule has 0 amide bonds. The minimum Gasteiger partial charge on any atom is -0.388 e. The minimum atomic E-state index is -3.03. The highest BCUT2D eigenvalue weighted by atomic mass is 35.5. The first-order chi connectivity index (χ1) is 9.29.